The molecule has 0 radical (unpaired) electrons. The average molecular weight is 362 g/mol. The van der Waals surface area contributed by atoms with E-state index in [9.17, 15) is 22.4 Å². The van der Waals surface area contributed by atoms with Crippen LogP contribution < -0.4 is 0 Å². The molecule has 0 spiro atoms. The summed E-state index contributed by atoms with van der Waals surface area (Å²) < 4.78 is 56.0. The lowest BCUT2D eigenvalue weighted by atomic mass is 10.1. The van der Waals surface area contributed by atoms with Crippen LogP contribution in [0.3, 0.4) is 0 Å². The molecule has 4 nitrogen and oxygen atoms in total. The number of rotatable bonds is 2. The molecule has 0 bridgehead atoms. The zero-order valence-electron chi connectivity index (χ0n) is 13.2. The van der Waals surface area contributed by atoms with Crippen molar-refractivity contribution in [1.29, 1.82) is 10.7 Å². The Morgan fingerprint density at radius 3 is 1.96 bits per heavy atom. The maximum atomic E-state index is 13.1. The smallest absolute Gasteiger partial charge is 0.213 e. The van der Waals surface area contributed by atoms with Crippen LogP contribution in [-0.4, -0.2) is 19.3 Å². The third-order valence-electron chi connectivity index (χ3n) is 2.98. The number of ether oxygens (including phenoxy) is 1. The van der Waals surface area contributed by atoms with E-state index in [0.29, 0.717) is 0 Å². The van der Waals surface area contributed by atoms with Crippen LogP contribution in [0.15, 0.2) is 24.3 Å². The van der Waals surface area contributed by atoms with Crippen LogP contribution in [0.25, 0.3) is 0 Å². The number of nitriles is 1. The van der Waals surface area contributed by atoms with Crippen LogP contribution in [0.1, 0.15) is 27.0 Å². The second kappa shape index (κ2) is 9.00. The van der Waals surface area contributed by atoms with Gasteiger partial charge in [0.2, 0.25) is 5.90 Å². The van der Waals surface area contributed by atoms with E-state index >= 15 is 0 Å². The summed E-state index contributed by atoms with van der Waals surface area (Å²) in [5.41, 5.74) is -1.20. The maximum Gasteiger partial charge on any atom is 0.213 e. The summed E-state index contributed by atoms with van der Waals surface area (Å²) in [4.78, 5) is 10.1. The molecule has 0 saturated heterocycles. The van der Waals surface area contributed by atoms with Gasteiger partial charge in [-0.2, -0.15) is 5.26 Å². The van der Waals surface area contributed by atoms with Gasteiger partial charge in [-0.25, -0.2) is 17.6 Å². The third-order valence-corrected chi connectivity index (χ3v) is 2.98. The van der Waals surface area contributed by atoms with Crippen molar-refractivity contribution in [2.75, 3.05) is 7.11 Å². The molecule has 2 aromatic carbocycles. The van der Waals surface area contributed by atoms with Crippen LogP contribution >= 0.6 is 0 Å². The molecule has 8 heteroatoms. The molecule has 1 N–H and O–H groups in total. The first kappa shape index (κ1) is 20.4. The van der Waals surface area contributed by atoms with Gasteiger partial charge in [0.05, 0.1) is 29.9 Å². The zero-order valence-corrected chi connectivity index (χ0v) is 13.2. The number of nitrogens with zero attached hydrogens (tertiary/aromatic N) is 1. The normalized spacial score (nSPS) is 9.19. The fraction of sp³-hybridized carbons (Fsp3) is 0.0556. The first-order valence-corrected chi connectivity index (χ1v) is 6.71. The lowest BCUT2D eigenvalue weighted by Gasteiger charge is -2.04. The van der Waals surface area contributed by atoms with Gasteiger partial charge in [0.1, 0.15) is 23.3 Å². The quantitative estimate of drug-likeness (QED) is 0.292. The monoisotopic (exact) mass is 362 g/mol. The Hall–Kier alpha value is -3.65. The second-order valence-corrected chi connectivity index (χ2v) is 4.58. The van der Waals surface area contributed by atoms with Gasteiger partial charge in [-0.1, -0.05) is 5.92 Å². The number of halogens is 4. The Labute approximate surface area is 146 Å². The van der Waals surface area contributed by atoms with Gasteiger partial charge < -0.3 is 4.74 Å². The Morgan fingerprint density at radius 1 is 1.12 bits per heavy atom. The molecule has 132 valence electrons. The first-order chi connectivity index (χ1) is 12.3. The zero-order chi connectivity index (χ0) is 19.9. The molecule has 0 aliphatic carbocycles. The topological polar surface area (TPSA) is 73.9 Å². The minimum atomic E-state index is -1.01. The molecule has 0 heterocycles. The van der Waals surface area contributed by atoms with Crippen molar-refractivity contribution in [1.82, 2.24) is 0 Å². The number of methoxy groups -OCH3 is 1. The summed E-state index contributed by atoms with van der Waals surface area (Å²) in [6.45, 7) is 0. The Bertz CT molecular complexity index is 897. The van der Waals surface area contributed by atoms with Crippen LogP contribution in [0.2, 0.25) is 0 Å². The Morgan fingerprint density at radius 2 is 1.62 bits per heavy atom. The van der Waals surface area contributed by atoms with Gasteiger partial charge in [0.15, 0.2) is 6.29 Å². The van der Waals surface area contributed by atoms with E-state index in [4.69, 9.17) is 17.1 Å². The summed E-state index contributed by atoms with van der Waals surface area (Å²) in [5, 5.41) is 15.5. The molecule has 26 heavy (non-hydrogen) atoms. The SMILES string of the molecule is C#Cc1c(F)cc(C(=N)OC)cc1F.N#Cc1cc(F)c(C=O)c(F)c1. The highest BCUT2D eigenvalue weighted by Gasteiger charge is 2.12. The standard InChI is InChI=1S/C10H7F2NO.C8H3F2NO/c1-3-7-8(11)4-6(5-9(7)12)10(13)14-2;9-7-1-5(3-11)2-8(10)6(7)4-12/h1,4-5,13H,2H3;1-2,4H. The Kier molecular flexibility index (Phi) is 7.06. The van der Waals surface area contributed by atoms with Crippen LogP contribution in [0.4, 0.5) is 17.6 Å². The van der Waals surface area contributed by atoms with E-state index in [1.807, 2.05) is 5.92 Å². The summed E-state index contributed by atoms with van der Waals surface area (Å²) in [5.74, 6) is -2.19. The van der Waals surface area contributed by atoms with E-state index in [0.717, 1.165) is 24.3 Å². The molecule has 0 unspecified atom stereocenters. The van der Waals surface area contributed by atoms with Gasteiger partial charge in [-0.05, 0) is 24.3 Å². The van der Waals surface area contributed by atoms with Crippen molar-refractivity contribution in [2.24, 2.45) is 0 Å². The molecule has 0 saturated carbocycles. The molecule has 0 amide bonds. The number of hydrogen-bond acceptors (Lipinski definition) is 4. The minimum Gasteiger partial charge on any atom is -0.481 e. The fourth-order valence-electron chi connectivity index (χ4n) is 1.72. The third kappa shape index (κ3) is 4.68. The maximum absolute atomic E-state index is 13.1. The predicted octanol–water partition coefficient (Wildman–Crippen LogP) is 3.57. The minimum absolute atomic E-state index is 0.0153. The van der Waals surface area contributed by atoms with Crippen LogP contribution in [0, 0.1) is 52.4 Å². The van der Waals surface area contributed by atoms with Crippen molar-refractivity contribution >= 4 is 12.2 Å². The van der Waals surface area contributed by atoms with Gasteiger partial charge in [-0.15, -0.1) is 6.42 Å². The molecule has 2 rings (SSSR count). The second-order valence-electron chi connectivity index (χ2n) is 4.58. The summed E-state index contributed by atoms with van der Waals surface area (Å²) >= 11 is 0. The average Bonchev–Trinajstić information content (AvgIpc) is 2.60. The predicted molar refractivity (Wildman–Crippen MR) is 84.6 cm³/mol. The summed E-state index contributed by atoms with van der Waals surface area (Å²) in [6, 6.07) is 5.11. The van der Waals surface area contributed by atoms with Gasteiger partial charge in [0.25, 0.3) is 0 Å². The number of carbonyl (C=O) groups excluding carboxylic acids is 1. The highest BCUT2D eigenvalue weighted by Crippen LogP contribution is 2.15. The van der Waals surface area contributed by atoms with E-state index < -0.39 is 34.4 Å². The van der Waals surface area contributed by atoms with Gasteiger partial charge in [0, 0.05) is 5.56 Å². The van der Waals surface area contributed by atoms with E-state index in [1.54, 1.807) is 6.07 Å². The first-order valence-electron chi connectivity index (χ1n) is 6.71. The van der Waals surface area contributed by atoms with Crippen LogP contribution in [-0.2, 0) is 4.74 Å². The lowest BCUT2D eigenvalue weighted by Crippen LogP contribution is -2.04. The van der Waals surface area contributed by atoms with Crippen molar-refractivity contribution in [3.05, 3.63) is 69.8 Å². The number of carbonyl (C=O) groups is 1. The number of nitrogens with one attached hydrogen (secondary N) is 1. The van der Waals surface area contributed by atoms with Gasteiger partial charge >= 0.3 is 0 Å². The molecule has 0 atom stereocenters. The number of aldehydes is 1. The lowest BCUT2D eigenvalue weighted by molar-refractivity contribution is 0.111. The highest BCUT2D eigenvalue weighted by molar-refractivity contribution is 5.91. The number of benzene rings is 2. The number of terminal acetylenes is 1. The highest BCUT2D eigenvalue weighted by atomic mass is 19.1. The molecule has 0 fully saturated rings. The molecular formula is C18H10F4N2O2. The van der Waals surface area contributed by atoms with Crippen molar-refractivity contribution in [3.8, 4) is 18.4 Å². The Balaban J connectivity index is 0.000000263. The van der Waals surface area contributed by atoms with Crippen molar-refractivity contribution < 1.29 is 27.1 Å². The summed E-state index contributed by atoms with van der Waals surface area (Å²) in [6.07, 6.45) is 4.97. The summed E-state index contributed by atoms with van der Waals surface area (Å²) in [7, 11) is 1.24. The molecule has 0 aliphatic rings. The number of hydrogen-bond donors (Lipinski definition) is 1. The fourth-order valence-corrected chi connectivity index (χ4v) is 1.72. The van der Waals surface area contributed by atoms with E-state index in [-0.39, 0.29) is 23.3 Å². The molecular weight excluding hydrogens is 352 g/mol. The van der Waals surface area contributed by atoms with Gasteiger partial charge in [-0.3, -0.25) is 10.2 Å². The molecule has 2 aromatic rings. The molecule has 0 aromatic heterocycles. The van der Waals surface area contributed by atoms with Crippen molar-refractivity contribution in [2.45, 2.75) is 0 Å². The van der Waals surface area contributed by atoms with E-state index in [2.05, 4.69) is 4.74 Å². The van der Waals surface area contributed by atoms with E-state index in [1.165, 1.54) is 7.11 Å². The van der Waals surface area contributed by atoms with Crippen LogP contribution in [0.5, 0.6) is 0 Å². The molecule has 0 aliphatic heterocycles. The van der Waals surface area contributed by atoms with Crippen molar-refractivity contribution in [3.63, 3.8) is 0 Å². The largest absolute Gasteiger partial charge is 0.481 e.